The van der Waals surface area contributed by atoms with Crippen LogP contribution in [0.15, 0.2) is 24.4 Å². The molecule has 1 aromatic heterocycles. The molecule has 0 aliphatic rings. The van der Waals surface area contributed by atoms with Crippen molar-refractivity contribution in [3.63, 3.8) is 0 Å². The predicted octanol–water partition coefficient (Wildman–Crippen LogP) is 2.63. The van der Waals surface area contributed by atoms with Crippen molar-refractivity contribution in [2.24, 2.45) is 29.4 Å². The Hall–Kier alpha value is -1.99. The number of carbonyl (C=O) groups excluding carboxylic acids is 2. The van der Waals surface area contributed by atoms with Crippen LogP contribution >= 0.6 is 0 Å². The van der Waals surface area contributed by atoms with E-state index < -0.39 is 18.1 Å². The molecule has 5 N–H and O–H groups in total. The molecule has 7 nitrogen and oxygen atoms in total. The zero-order chi connectivity index (χ0) is 23.6. The zero-order valence-corrected chi connectivity index (χ0v) is 20.0. The molecule has 0 aromatic carbocycles. The van der Waals surface area contributed by atoms with E-state index in [9.17, 15) is 14.7 Å². The second-order valence-corrected chi connectivity index (χ2v) is 9.36. The van der Waals surface area contributed by atoms with Gasteiger partial charge in [0, 0.05) is 18.2 Å². The number of amides is 2. The summed E-state index contributed by atoms with van der Waals surface area (Å²) in [7, 11) is 0. The molecule has 7 heteroatoms. The molecule has 31 heavy (non-hydrogen) atoms. The van der Waals surface area contributed by atoms with Crippen molar-refractivity contribution >= 4 is 11.8 Å². The number of rotatable bonds is 13. The van der Waals surface area contributed by atoms with Crippen molar-refractivity contribution in [2.75, 3.05) is 0 Å². The molecule has 0 radical (unpaired) electrons. The maximum absolute atomic E-state index is 13.1. The van der Waals surface area contributed by atoms with E-state index in [0.29, 0.717) is 18.9 Å². The number of carbonyl (C=O) groups is 2. The third-order valence-corrected chi connectivity index (χ3v) is 5.84. The van der Waals surface area contributed by atoms with Gasteiger partial charge in [0.05, 0.1) is 18.3 Å². The van der Waals surface area contributed by atoms with E-state index in [4.69, 9.17) is 5.73 Å². The molecule has 176 valence electrons. The van der Waals surface area contributed by atoms with Gasteiger partial charge in [0.1, 0.15) is 6.04 Å². The molecular formula is C24H42N4O3. The number of hydrogen-bond donors (Lipinski definition) is 4. The van der Waals surface area contributed by atoms with Gasteiger partial charge in [0.15, 0.2) is 0 Å². The summed E-state index contributed by atoms with van der Waals surface area (Å²) in [5, 5.41) is 16.4. The third kappa shape index (κ3) is 9.35. The largest absolute Gasteiger partial charge is 0.391 e. The van der Waals surface area contributed by atoms with Crippen LogP contribution < -0.4 is 16.4 Å². The Bertz CT molecular complexity index is 666. The van der Waals surface area contributed by atoms with Gasteiger partial charge < -0.3 is 21.5 Å². The Morgan fingerprint density at radius 3 is 2.29 bits per heavy atom. The van der Waals surface area contributed by atoms with E-state index in [1.807, 2.05) is 45.9 Å². The van der Waals surface area contributed by atoms with Gasteiger partial charge in [0.25, 0.3) is 0 Å². The molecule has 1 rings (SSSR count). The number of nitrogens with one attached hydrogen (secondary N) is 2. The minimum atomic E-state index is -0.763. The fraction of sp³-hybridized carbons (Fsp3) is 0.708. The van der Waals surface area contributed by atoms with Crippen LogP contribution in [0.25, 0.3) is 0 Å². The summed E-state index contributed by atoms with van der Waals surface area (Å²) in [6, 6.07) is 4.50. The summed E-state index contributed by atoms with van der Waals surface area (Å²) in [5.41, 5.74) is 6.89. The normalized spacial score (nSPS) is 16.5. The Morgan fingerprint density at radius 2 is 1.77 bits per heavy atom. The lowest BCUT2D eigenvalue weighted by molar-refractivity contribution is -0.134. The first kappa shape index (κ1) is 27.0. The topological polar surface area (TPSA) is 117 Å². The highest BCUT2D eigenvalue weighted by Crippen LogP contribution is 2.21. The number of aliphatic hydroxyl groups is 1. The maximum Gasteiger partial charge on any atom is 0.243 e. The molecule has 0 aliphatic heterocycles. The highest BCUT2D eigenvalue weighted by atomic mass is 16.3. The van der Waals surface area contributed by atoms with Crippen LogP contribution in [0.3, 0.4) is 0 Å². The predicted molar refractivity (Wildman–Crippen MR) is 124 cm³/mol. The first-order chi connectivity index (χ1) is 14.6. The lowest BCUT2D eigenvalue weighted by atomic mass is 9.85. The highest BCUT2D eigenvalue weighted by molar-refractivity contribution is 5.88. The fourth-order valence-corrected chi connectivity index (χ4v) is 3.57. The first-order valence-electron chi connectivity index (χ1n) is 11.5. The van der Waals surface area contributed by atoms with E-state index >= 15 is 0 Å². The Balaban J connectivity index is 2.82. The Labute approximate surface area is 187 Å². The number of nitrogens with zero attached hydrogens (tertiary/aromatic N) is 1. The summed E-state index contributed by atoms with van der Waals surface area (Å²) < 4.78 is 0. The minimum absolute atomic E-state index is 0.00932. The van der Waals surface area contributed by atoms with Crippen molar-refractivity contribution < 1.29 is 14.7 Å². The number of pyridine rings is 1. The Kier molecular flexibility index (Phi) is 11.7. The quantitative estimate of drug-likeness (QED) is 0.381. The average Bonchev–Trinajstić information content (AvgIpc) is 2.73. The molecule has 2 amide bonds. The summed E-state index contributed by atoms with van der Waals surface area (Å²) >= 11 is 0. The van der Waals surface area contributed by atoms with Crippen LogP contribution in [-0.4, -0.2) is 40.1 Å². The molecule has 0 saturated heterocycles. The molecular weight excluding hydrogens is 392 g/mol. The first-order valence-corrected chi connectivity index (χ1v) is 11.5. The smallest absolute Gasteiger partial charge is 0.243 e. The van der Waals surface area contributed by atoms with Crippen LogP contribution in [0, 0.1) is 23.7 Å². The molecule has 0 bridgehead atoms. The van der Waals surface area contributed by atoms with Crippen molar-refractivity contribution in [3.05, 3.63) is 30.1 Å². The van der Waals surface area contributed by atoms with Gasteiger partial charge in [-0.3, -0.25) is 14.6 Å². The monoisotopic (exact) mass is 434 g/mol. The maximum atomic E-state index is 13.1. The van der Waals surface area contributed by atoms with E-state index in [-0.39, 0.29) is 36.1 Å². The van der Waals surface area contributed by atoms with Gasteiger partial charge >= 0.3 is 0 Å². The van der Waals surface area contributed by atoms with Gasteiger partial charge in [-0.25, -0.2) is 0 Å². The summed E-state index contributed by atoms with van der Waals surface area (Å²) in [6.07, 6.45) is 2.63. The standard InChI is InChI=1S/C24H42N4O3/c1-7-17(6)22(24(31)27-14-18-10-8-9-11-26-18)28-23(30)19(16(4)5)13-21(29)20(25)12-15(2)3/h8-11,15-17,19-22,29H,7,12-14,25H2,1-6H3,(H,27,31)(H,28,30)/t17?,19-,20+,21+,22+/m1/s1. The molecule has 0 fully saturated rings. The molecule has 5 atom stereocenters. The number of aromatic nitrogens is 1. The summed E-state index contributed by atoms with van der Waals surface area (Å²) in [4.78, 5) is 30.2. The SMILES string of the molecule is CCC(C)[C@H](NC(=O)[C@H](C[C@H](O)[C@@H](N)CC(C)C)C(C)C)C(=O)NCc1ccccn1. The molecule has 1 aromatic rings. The van der Waals surface area contributed by atoms with Gasteiger partial charge in [-0.1, -0.05) is 54.0 Å². The van der Waals surface area contributed by atoms with Crippen LogP contribution in [-0.2, 0) is 16.1 Å². The van der Waals surface area contributed by atoms with E-state index in [1.54, 1.807) is 6.20 Å². The molecule has 1 unspecified atom stereocenters. The fourth-order valence-electron chi connectivity index (χ4n) is 3.57. The second-order valence-electron chi connectivity index (χ2n) is 9.36. The van der Waals surface area contributed by atoms with E-state index in [1.165, 1.54) is 0 Å². The zero-order valence-electron chi connectivity index (χ0n) is 20.0. The molecule has 0 spiro atoms. The van der Waals surface area contributed by atoms with Crippen LogP contribution in [0.4, 0.5) is 0 Å². The van der Waals surface area contributed by atoms with E-state index in [0.717, 1.165) is 12.1 Å². The minimum Gasteiger partial charge on any atom is -0.391 e. The molecule has 0 aliphatic carbocycles. The van der Waals surface area contributed by atoms with Crippen molar-refractivity contribution in [1.82, 2.24) is 15.6 Å². The lowest BCUT2D eigenvalue weighted by Crippen LogP contribution is -2.52. The van der Waals surface area contributed by atoms with Gasteiger partial charge in [-0.2, -0.15) is 0 Å². The van der Waals surface area contributed by atoms with Gasteiger partial charge in [-0.05, 0) is 42.7 Å². The average molecular weight is 435 g/mol. The number of aliphatic hydroxyl groups excluding tert-OH is 1. The summed E-state index contributed by atoms with van der Waals surface area (Å²) in [5.74, 6) is -0.530. The second kappa shape index (κ2) is 13.4. The molecule has 0 saturated carbocycles. The number of nitrogens with two attached hydrogens (primary N) is 1. The van der Waals surface area contributed by atoms with Crippen molar-refractivity contribution in [2.45, 2.75) is 85.5 Å². The number of hydrogen-bond acceptors (Lipinski definition) is 5. The molecule has 1 heterocycles. The van der Waals surface area contributed by atoms with Gasteiger partial charge in [0.2, 0.25) is 11.8 Å². The third-order valence-electron chi connectivity index (χ3n) is 5.84. The van der Waals surface area contributed by atoms with Crippen molar-refractivity contribution in [1.29, 1.82) is 0 Å². The van der Waals surface area contributed by atoms with Crippen LogP contribution in [0.5, 0.6) is 0 Å². The lowest BCUT2D eigenvalue weighted by Gasteiger charge is -2.30. The van der Waals surface area contributed by atoms with Crippen LogP contribution in [0.1, 0.15) is 66.5 Å². The Morgan fingerprint density at radius 1 is 1.10 bits per heavy atom. The van der Waals surface area contributed by atoms with Gasteiger partial charge in [-0.15, -0.1) is 0 Å². The summed E-state index contributed by atoms with van der Waals surface area (Å²) in [6.45, 7) is 12.3. The highest BCUT2D eigenvalue weighted by Gasteiger charge is 2.32. The van der Waals surface area contributed by atoms with Crippen molar-refractivity contribution in [3.8, 4) is 0 Å². The van der Waals surface area contributed by atoms with Crippen LogP contribution in [0.2, 0.25) is 0 Å². The van der Waals surface area contributed by atoms with E-state index in [2.05, 4.69) is 29.5 Å².